The molecule has 1 atom stereocenters. The molecule has 0 saturated carbocycles. The first kappa shape index (κ1) is 20.8. The number of sulfonamides is 1. The monoisotopic (exact) mass is 434 g/mol. The number of nitrogens with one attached hydrogen (secondary N) is 1. The Morgan fingerprint density at radius 3 is 2.38 bits per heavy atom. The van der Waals surface area contributed by atoms with E-state index in [0.717, 1.165) is 16.1 Å². The molecule has 0 radical (unpaired) electrons. The number of rotatable bonds is 6. The van der Waals surface area contributed by atoms with E-state index in [1.54, 1.807) is 24.3 Å². The Morgan fingerprint density at radius 2 is 1.77 bits per heavy atom. The van der Waals surface area contributed by atoms with Crippen molar-refractivity contribution >= 4 is 56.4 Å². The molecule has 1 unspecified atom stereocenters. The van der Waals surface area contributed by atoms with Gasteiger partial charge in [-0.1, -0.05) is 53.0 Å². The first-order valence-electron chi connectivity index (χ1n) is 7.57. The van der Waals surface area contributed by atoms with Crippen molar-refractivity contribution in [1.29, 1.82) is 0 Å². The molecule has 0 saturated heterocycles. The van der Waals surface area contributed by atoms with E-state index >= 15 is 0 Å². The Morgan fingerprint density at radius 1 is 1.12 bits per heavy atom. The molecule has 0 heterocycles. The molecule has 0 aliphatic rings. The minimum Gasteiger partial charge on any atom is -0.350 e. The van der Waals surface area contributed by atoms with Gasteiger partial charge in [0, 0.05) is 16.6 Å². The third kappa shape index (κ3) is 5.04. The normalized spacial score (nSPS) is 12.5. The second-order valence-corrected chi connectivity index (χ2v) is 8.75. The highest BCUT2D eigenvalue weighted by Crippen LogP contribution is 2.32. The molecule has 140 valence electrons. The molecule has 2 rings (SSSR count). The summed E-state index contributed by atoms with van der Waals surface area (Å²) in [6.07, 6.45) is 1.00. The molecule has 9 heteroatoms. The van der Waals surface area contributed by atoms with Gasteiger partial charge in [0.25, 0.3) is 0 Å². The molecule has 26 heavy (non-hydrogen) atoms. The Balaban J connectivity index is 2.27. The molecule has 0 fully saturated rings. The van der Waals surface area contributed by atoms with Crippen molar-refractivity contribution in [3.8, 4) is 0 Å². The average Bonchev–Trinajstić information content (AvgIpc) is 2.56. The van der Waals surface area contributed by atoms with Crippen LogP contribution in [0.2, 0.25) is 15.1 Å². The van der Waals surface area contributed by atoms with E-state index in [1.165, 1.54) is 25.1 Å². The summed E-state index contributed by atoms with van der Waals surface area (Å²) in [6, 6.07) is 10.4. The lowest BCUT2D eigenvalue weighted by Crippen LogP contribution is -2.47. The highest BCUT2D eigenvalue weighted by molar-refractivity contribution is 7.92. The van der Waals surface area contributed by atoms with Gasteiger partial charge in [-0.15, -0.1) is 0 Å². The SMILES string of the molecule is CC(C(=O)NCc1ccccc1Cl)N(c1cc(Cl)ccc1Cl)S(C)(=O)=O. The Bertz CT molecular complexity index is 919. The second-order valence-electron chi connectivity index (χ2n) is 5.64. The first-order chi connectivity index (χ1) is 12.1. The Hall–Kier alpha value is -1.47. The van der Waals surface area contributed by atoms with E-state index in [9.17, 15) is 13.2 Å². The lowest BCUT2D eigenvalue weighted by atomic mass is 10.2. The molecule has 0 aromatic heterocycles. The maximum Gasteiger partial charge on any atom is 0.243 e. The van der Waals surface area contributed by atoms with E-state index in [4.69, 9.17) is 34.8 Å². The van der Waals surface area contributed by atoms with Gasteiger partial charge in [-0.25, -0.2) is 8.42 Å². The van der Waals surface area contributed by atoms with Crippen LogP contribution in [0.4, 0.5) is 5.69 Å². The molecule has 0 spiro atoms. The number of anilines is 1. The molecule has 5 nitrogen and oxygen atoms in total. The number of hydrogen-bond donors (Lipinski definition) is 1. The predicted molar refractivity (Wildman–Crippen MR) is 107 cm³/mol. The third-order valence-corrected chi connectivity index (χ3v) is 5.80. The van der Waals surface area contributed by atoms with Crippen LogP contribution >= 0.6 is 34.8 Å². The molecular weight excluding hydrogens is 419 g/mol. The van der Waals surface area contributed by atoms with Crippen molar-refractivity contribution in [3.05, 3.63) is 63.1 Å². The van der Waals surface area contributed by atoms with Crippen LogP contribution in [0, 0.1) is 0 Å². The van der Waals surface area contributed by atoms with Crippen molar-refractivity contribution in [2.24, 2.45) is 0 Å². The van der Waals surface area contributed by atoms with Gasteiger partial charge in [0.05, 0.1) is 17.0 Å². The van der Waals surface area contributed by atoms with Gasteiger partial charge in [0.1, 0.15) is 6.04 Å². The van der Waals surface area contributed by atoms with Crippen molar-refractivity contribution in [3.63, 3.8) is 0 Å². The van der Waals surface area contributed by atoms with Gasteiger partial charge in [0.2, 0.25) is 15.9 Å². The first-order valence-corrected chi connectivity index (χ1v) is 10.5. The number of nitrogens with zero attached hydrogens (tertiary/aromatic N) is 1. The Labute approximate surface area is 167 Å². The van der Waals surface area contributed by atoms with Gasteiger partial charge in [-0.2, -0.15) is 0 Å². The summed E-state index contributed by atoms with van der Waals surface area (Å²) in [4.78, 5) is 12.5. The van der Waals surface area contributed by atoms with Gasteiger partial charge in [-0.05, 0) is 36.8 Å². The van der Waals surface area contributed by atoms with Crippen LogP contribution in [0.25, 0.3) is 0 Å². The molecule has 0 bridgehead atoms. The molecule has 0 aliphatic carbocycles. The van der Waals surface area contributed by atoms with Crippen molar-refractivity contribution in [1.82, 2.24) is 5.32 Å². The molecular formula is C17H17Cl3N2O3S. The summed E-state index contributed by atoms with van der Waals surface area (Å²) in [6.45, 7) is 1.64. The zero-order valence-electron chi connectivity index (χ0n) is 14.0. The minimum absolute atomic E-state index is 0.141. The lowest BCUT2D eigenvalue weighted by Gasteiger charge is -2.29. The highest BCUT2D eigenvalue weighted by atomic mass is 35.5. The highest BCUT2D eigenvalue weighted by Gasteiger charge is 2.30. The number of hydrogen-bond acceptors (Lipinski definition) is 3. The minimum atomic E-state index is -3.79. The standard InChI is InChI=1S/C17H17Cl3N2O3S/c1-11(17(23)21-10-12-5-3-4-6-14(12)19)22(26(2,24)25)16-9-13(18)7-8-15(16)20/h3-9,11H,10H2,1-2H3,(H,21,23). The van der Waals surface area contributed by atoms with Gasteiger partial charge < -0.3 is 5.32 Å². The summed E-state index contributed by atoms with van der Waals surface area (Å²) in [5.41, 5.74) is 0.864. The van der Waals surface area contributed by atoms with Gasteiger partial charge >= 0.3 is 0 Å². The zero-order chi connectivity index (χ0) is 19.5. The second kappa shape index (κ2) is 8.48. The maximum atomic E-state index is 12.5. The average molecular weight is 436 g/mol. The summed E-state index contributed by atoms with van der Waals surface area (Å²) < 4.78 is 25.5. The van der Waals surface area contributed by atoms with E-state index in [2.05, 4.69) is 5.32 Å². The van der Waals surface area contributed by atoms with Crippen LogP contribution in [0.5, 0.6) is 0 Å². The fourth-order valence-electron chi connectivity index (χ4n) is 2.41. The largest absolute Gasteiger partial charge is 0.350 e. The van der Waals surface area contributed by atoms with Crippen molar-refractivity contribution in [2.45, 2.75) is 19.5 Å². The summed E-state index contributed by atoms with van der Waals surface area (Å²) in [5, 5.41) is 3.68. The van der Waals surface area contributed by atoms with Gasteiger partial charge in [0.15, 0.2) is 0 Å². The quantitative estimate of drug-likeness (QED) is 0.742. The van der Waals surface area contributed by atoms with Crippen molar-refractivity contribution < 1.29 is 13.2 Å². The number of benzene rings is 2. The lowest BCUT2D eigenvalue weighted by molar-refractivity contribution is -0.122. The van der Waals surface area contributed by atoms with Crippen LogP contribution in [0.15, 0.2) is 42.5 Å². The van der Waals surface area contributed by atoms with Crippen LogP contribution in [-0.2, 0) is 21.4 Å². The molecule has 2 aromatic rings. The molecule has 1 amide bonds. The van der Waals surface area contributed by atoms with E-state index in [0.29, 0.717) is 10.0 Å². The van der Waals surface area contributed by atoms with Crippen molar-refractivity contribution in [2.75, 3.05) is 10.6 Å². The maximum absolute atomic E-state index is 12.5. The van der Waals surface area contributed by atoms with Crippen LogP contribution in [-0.4, -0.2) is 26.6 Å². The van der Waals surface area contributed by atoms with E-state index in [1.807, 2.05) is 0 Å². The number of carbonyl (C=O) groups excluding carboxylic acids is 1. The fourth-order valence-corrected chi connectivity index (χ4v) is 4.21. The summed E-state index contributed by atoms with van der Waals surface area (Å²) >= 11 is 18.2. The van der Waals surface area contributed by atoms with E-state index in [-0.39, 0.29) is 17.3 Å². The van der Waals surface area contributed by atoms with Crippen LogP contribution in [0.3, 0.4) is 0 Å². The van der Waals surface area contributed by atoms with E-state index < -0.39 is 22.0 Å². The number of halogens is 3. The Kier molecular flexibility index (Phi) is 6.80. The third-order valence-electron chi connectivity index (χ3n) is 3.65. The van der Waals surface area contributed by atoms with Crippen LogP contribution in [0.1, 0.15) is 12.5 Å². The molecule has 2 aromatic carbocycles. The smallest absolute Gasteiger partial charge is 0.243 e. The fraction of sp³-hybridized carbons (Fsp3) is 0.235. The molecule has 0 aliphatic heterocycles. The predicted octanol–water partition coefficient (Wildman–Crippen LogP) is 4.12. The van der Waals surface area contributed by atoms with Gasteiger partial charge in [-0.3, -0.25) is 9.10 Å². The number of carbonyl (C=O) groups is 1. The molecule has 1 N–H and O–H groups in total. The topological polar surface area (TPSA) is 66.5 Å². The summed E-state index contributed by atoms with van der Waals surface area (Å²) in [7, 11) is -3.79. The van der Waals surface area contributed by atoms with Crippen LogP contribution < -0.4 is 9.62 Å². The summed E-state index contributed by atoms with van der Waals surface area (Å²) in [5.74, 6) is -0.494. The number of amides is 1. The zero-order valence-corrected chi connectivity index (χ0v) is 17.1.